The number of pyridine rings is 1. The molecule has 23 heavy (non-hydrogen) atoms. The number of rotatable bonds is 5. The molecule has 0 saturated heterocycles. The highest BCUT2D eigenvalue weighted by Gasteiger charge is 2.18. The summed E-state index contributed by atoms with van der Waals surface area (Å²) < 4.78 is 15.6. The Morgan fingerprint density at radius 1 is 1.00 bits per heavy atom. The smallest absolute Gasteiger partial charge is 0.212 e. The van der Waals surface area contributed by atoms with Crippen molar-refractivity contribution in [3.63, 3.8) is 0 Å². The number of hydrogen-bond acceptors (Lipinski definition) is 5. The average molecular weight is 312 g/mol. The second kappa shape index (κ2) is 6.00. The number of nitrogens with one attached hydrogen (secondary N) is 1. The molecule has 0 saturated carbocycles. The number of fused-ring (bicyclic) bond motifs is 1. The van der Waals surface area contributed by atoms with Gasteiger partial charge in [0, 0.05) is 11.5 Å². The van der Waals surface area contributed by atoms with Crippen LogP contribution in [0.2, 0.25) is 0 Å². The van der Waals surface area contributed by atoms with E-state index in [1.165, 1.54) is 7.11 Å². The van der Waals surface area contributed by atoms with Crippen molar-refractivity contribution in [2.75, 3.05) is 21.3 Å². The van der Waals surface area contributed by atoms with Gasteiger partial charge in [-0.15, -0.1) is 0 Å². The summed E-state index contributed by atoms with van der Waals surface area (Å²) in [5.74, 6) is 1.54. The normalized spacial score (nSPS) is 10.6. The van der Waals surface area contributed by atoms with Crippen LogP contribution < -0.4 is 14.2 Å². The highest BCUT2D eigenvalue weighted by molar-refractivity contribution is 6.11. The summed E-state index contributed by atoms with van der Waals surface area (Å²) in [7, 11) is 4.65. The van der Waals surface area contributed by atoms with Crippen LogP contribution in [-0.2, 0) is 0 Å². The van der Waals surface area contributed by atoms with Gasteiger partial charge in [-0.05, 0) is 24.3 Å². The number of aromatic nitrogens is 2. The molecule has 0 radical (unpaired) electrons. The third-order valence-corrected chi connectivity index (χ3v) is 3.58. The number of carbonyl (C=O) groups is 1. The van der Waals surface area contributed by atoms with Crippen LogP contribution in [0.25, 0.3) is 11.0 Å². The lowest BCUT2D eigenvalue weighted by Crippen LogP contribution is -2.04. The Morgan fingerprint density at radius 2 is 1.78 bits per heavy atom. The summed E-state index contributed by atoms with van der Waals surface area (Å²) in [6, 6.07) is 8.65. The minimum atomic E-state index is -0.179. The summed E-state index contributed by atoms with van der Waals surface area (Å²) >= 11 is 0. The number of benzene rings is 1. The molecule has 1 aromatic carbocycles. The van der Waals surface area contributed by atoms with E-state index in [0.29, 0.717) is 34.2 Å². The van der Waals surface area contributed by atoms with E-state index in [4.69, 9.17) is 14.2 Å². The molecule has 0 fully saturated rings. The third kappa shape index (κ3) is 2.70. The van der Waals surface area contributed by atoms with Gasteiger partial charge in [-0.2, -0.15) is 0 Å². The lowest BCUT2D eigenvalue weighted by Gasteiger charge is -2.08. The number of carbonyl (C=O) groups excluding carboxylic acids is 1. The van der Waals surface area contributed by atoms with Crippen LogP contribution in [0.5, 0.6) is 17.2 Å². The molecule has 0 atom stereocenters. The molecular formula is C17H16N2O4. The van der Waals surface area contributed by atoms with E-state index in [1.807, 2.05) is 6.07 Å². The molecule has 118 valence electrons. The van der Waals surface area contributed by atoms with E-state index < -0.39 is 0 Å². The largest absolute Gasteiger partial charge is 0.497 e. The van der Waals surface area contributed by atoms with Crippen molar-refractivity contribution in [1.82, 2.24) is 9.97 Å². The number of nitrogens with zero attached hydrogens (tertiary/aromatic N) is 1. The molecule has 0 spiro atoms. The summed E-state index contributed by atoms with van der Waals surface area (Å²) in [5.41, 5.74) is 1.51. The molecule has 0 aliphatic carbocycles. The van der Waals surface area contributed by atoms with Crippen LogP contribution in [0.15, 0.2) is 36.5 Å². The molecule has 1 N–H and O–H groups in total. The fourth-order valence-corrected chi connectivity index (χ4v) is 2.36. The summed E-state index contributed by atoms with van der Waals surface area (Å²) in [4.78, 5) is 20.0. The number of hydrogen-bond donors (Lipinski definition) is 1. The van der Waals surface area contributed by atoms with Crippen LogP contribution >= 0.6 is 0 Å². The molecule has 0 aliphatic heterocycles. The standard InChI is InChI=1S/C17H16N2O4/c1-21-11-4-5-13(15(8-11)23-3)16(20)14-7-10-6-12(22-2)9-18-17(10)19-14/h4-9H,1-3H3,(H,18,19). The van der Waals surface area contributed by atoms with Gasteiger partial charge in [0.1, 0.15) is 22.9 Å². The van der Waals surface area contributed by atoms with Crippen LogP contribution in [0.3, 0.4) is 0 Å². The van der Waals surface area contributed by atoms with Gasteiger partial charge in [-0.1, -0.05) is 0 Å². The first kappa shape index (κ1) is 14.9. The minimum absolute atomic E-state index is 0.179. The lowest BCUT2D eigenvalue weighted by molar-refractivity contribution is 0.103. The Kier molecular flexibility index (Phi) is 3.89. The zero-order valence-corrected chi connectivity index (χ0v) is 13.0. The van der Waals surface area contributed by atoms with Crippen molar-refractivity contribution in [1.29, 1.82) is 0 Å². The maximum absolute atomic E-state index is 12.7. The van der Waals surface area contributed by atoms with Gasteiger partial charge < -0.3 is 19.2 Å². The van der Waals surface area contributed by atoms with E-state index >= 15 is 0 Å². The van der Waals surface area contributed by atoms with Gasteiger partial charge in [-0.3, -0.25) is 4.79 Å². The molecule has 6 heteroatoms. The van der Waals surface area contributed by atoms with Crippen LogP contribution in [-0.4, -0.2) is 37.1 Å². The van der Waals surface area contributed by atoms with E-state index in [1.54, 1.807) is 44.7 Å². The van der Waals surface area contributed by atoms with Crippen molar-refractivity contribution in [2.24, 2.45) is 0 Å². The Morgan fingerprint density at radius 3 is 2.48 bits per heavy atom. The van der Waals surface area contributed by atoms with Gasteiger partial charge in [0.25, 0.3) is 0 Å². The topological polar surface area (TPSA) is 73.4 Å². The number of H-pyrrole nitrogens is 1. The minimum Gasteiger partial charge on any atom is -0.497 e. The van der Waals surface area contributed by atoms with Crippen molar-refractivity contribution in [3.05, 3.63) is 47.8 Å². The Labute approximate surface area is 133 Å². The van der Waals surface area contributed by atoms with Gasteiger partial charge in [0.05, 0.1) is 38.8 Å². The first-order chi connectivity index (χ1) is 11.2. The maximum Gasteiger partial charge on any atom is 0.212 e. The van der Waals surface area contributed by atoms with Crippen molar-refractivity contribution in [3.8, 4) is 17.2 Å². The second-order valence-electron chi connectivity index (χ2n) is 4.89. The fourth-order valence-electron chi connectivity index (χ4n) is 2.36. The van der Waals surface area contributed by atoms with Gasteiger partial charge in [-0.25, -0.2) is 4.98 Å². The SMILES string of the molecule is COc1ccc(C(=O)c2cc3cc(OC)cnc3[nH]2)c(OC)c1. The van der Waals surface area contributed by atoms with Crippen LogP contribution in [0.4, 0.5) is 0 Å². The summed E-state index contributed by atoms with van der Waals surface area (Å²) in [6.45, 7) is 0. The molecule has 0 unspecified atom stereocenters. The zero-order chi connectivity index (χ0) is 16.4. The molecule has 2 heterocycles. The van der Waals surface area contributed by atoms with Crippen molar-refractivity contribution >= 4 is 16.8 Å². The van der Waals surface area contributed by atoms with Crippen molar-refractivity contribution in [2.45, 2.75) is 0 Å². The van der Waals surface area contributed by atoms with Crippen LogP contribution in [0, 0.1) is 0 Å². The predicted octanol–water partition coefficient (Wildman–Crippen LogP) is 2.82. The number of ketones is 1. The number of methoxy groups -OCH3 is 3. The van der Waals surface area contributed by atoms with E-state index in [2.05, 4.69) is 9.97 Å². The fraction of sp³-hybridized carbons (Fsp3) is 0.176. The monoisotopic (exact) mass is 312 g/mol. The molecule has 0 amide bonds. The average Bonchev–Trinajstić information content (AvgIpc) is 3.03. The predicted molar refractivity (Wildman–Crippen MR) is 85.6 cm³/mol. The maximum atomic E-state index is 12.7. The van der Waals surface area contributed by atoms with Gasteiger partial charge in [0.2, 0.25) is 5.78 Å². The van der Waals surface area contributed by atoms with Gasteiger partial charge in [0.15, 0.2) is 0 Å². The molecule has 6 nitrogen and oxygen atoms in total. The zero-order valence-electron chi connectivity index (χ0n) is 13.0. The van der Waals surface area contributed by atoms with Crippen molar-refractivity contribution < 1.29 is 19.0 Å². The molecular weight excluding hydrogens is 296 g/mol. The van der Waals surface area contributed by atoms with E-state index in [9.17, 15) is 4.79 Å². The van der Waals surface area contributed by atoms with E-state index in [-0.39, 0.29) is 5.78 Å². The third-order valence-electron chi connectivity index (χ3n) is 3.58. The number of ether oxygens (including phenoxy) is 3. The highest BCUT2D eigenvalue weighted by Crippen LogP contribution is 2.28. The molecule has 0 bridgehead atoms. The van der Waals surface area contributed by atoms with Gasteiger partial charge >= 0.3 is 0 Å². The molecule has 3 rings (SSSR count). The lowest BCUT2D eigenvalue weighted by atomic mass is 10.1. The molecule has 0 aliphatic rings. The molecule has 3 aromatic rings. The number of aromatic amines is 1. The first-order valence-corrected chi connectivity index (χ1v) is 6.95. The van der Waals surface area contributed by atoms with Crippen LogP contribution in [0.1, 0.15) is 16.1 Å². The first-order valence-electron chi connectivity index (χ1n) is 6.95. The summed E-state index contributed by atoms with van der Waals surface area (Å²) in [5, 5.41) is 0.806. The highest BCUT2D eigenvalue weighted by atomic mass is 16.5. The quantitative estimate of drug-likeness (QED) is 0.733. The molecule has 2 aromatic heterocycles. The Bertz CT molecular complexity index is 870. The second-order valence-corrected chi connectivity index (χ2v) is 4.89. The Balaban J connectivity index is 2.03. The van der Waals surface area contributed by atoms with E-state index in [0.717, 1.165) is 5.39 Å². The summed E-state index contributed by atoms with van der Waals surface area (Å²) in [6.07, 6.45) is 1.60. The Hall–Kier alpha value is -3.02.